The number of pyridine rings is 1. The summed E-state index contributed by atoms with van der Waals surface area (Å²) in [6.45, 7) is 6.12. The van der Waals surface area contributed by atoms with Gasteiger partial charge in [-0.25, -0.2) is 4.98 Å². The number of halogens is 2. The van der Waals surface area contributed by atoms with Crippen LogP contribution in [-0.4, -0.2) is 4.98 Å². The zero-order chi connectivity index (χ0) is 11.2. The molecule has 0 saturated heterocycles. The lowest BCUT2D eigenvalue weighted by atomic mass is 9.91. The van der Waals surface area contributed by atoms with Gasteiger partial charge in [-0.2, -0.15) is 4.39 Å². The SMILES string of the molecule is CC(C)(C)c1cc(Br)c(C2CC2)c(F)n1. The first-order chi connectivity index (χ1) is 6.89. The Bertz CT molecular complexity index is 368. The molecule has 0 radical (unpaired) electrons. The average Bonchev–Trinajstić information content (AvgIpc) is 2.84. The number of hydrogen-bond acceptors (Lipinski definition) is 1. The van der Waals surface area contributed by atoms with E-state index in [4.69, 9.17) is 0 Å². The van der Waals surface area contributed by atoms with Crippen molar-refractivity contribution in [3.63, 3.8) is 0 Å². The molecule has 0 bridgehead atoms. The third kappa shape index (κ3) is 2.22. The molecule has 0 aromatic carbocycles. The van der Waals surface area contributed by atoms with Gasteiger partial charge in [-0.1, -0.05) is 36.7 Å². The Labute approximate surface area is 98.2 Å². The minimum absolute atomic E-state index is 0.106. The maximum atomic E-state index is 13.8. The summed E-state index contributed by atoms with van der Waals surface area (Å²) >= 11 is 3.45. The molecular weight excluding hydrogens is 257 g/mol. The van der Waals surface area contributed by atoms with Crippen molar-refractivity contribution in [3.05, 3.63) is 27.7 Å². The molecule has 15 heavy (non-hydrogen) atoms. The Balaban J connectivity index is 2.47. The largest absolute Gasteiger partial charge is 0.224 e. The maximum absolute atomic E-state index is 13.8. The number of hydrogen-bond donors (Lipinski definition) is 0. The van der Waals surface area contributed by atoms with Crippen molar-refractivity contribution >= 4 is 15.9 Å². The third-order valence-electron chi connectivity index (χ3n) is 2.72. The van der Waals surface area contributed by atoms with E-state index >= 15 is 0 Å². The van der Waals surface area contributed by atoms with Crippen LogP contribution in [-0.2, 0) is 5.41 Å². The summed E-state index contributed by atoms with van der Waals surface area (Å²) in [5, 5.41) is 0. The van der Waals surface area contributed by atoms with Crippen molar-refractivity contribution in [3.8, 4) is 0 Å². The fraction of sp³-hybridized carbons (Fsp3) is 0.583. The Hall–Kier alpha value is -0.440. The second-order valence-electron chi connectivity index (χ2n) is 5.22. The van der Waals surface area contributed by atoms with Crippen LogP contribution in [0.5, 0.6) is 0 Å². The number of aromatic nitrogens is 1. The van der Waals surface area contributed by atoms with Crippen LogP contribution in [0.2, 0.25) is 0 Å². The van der Waals surface area contributed by atoms with E-state index in [1.165, 1.54) is 0 Å². The molecule has 1 fully saturated rings. The standard InChI is InChI=1S/C12H15BrFN/c1-12(2,3)9-6-8(13)10(7-4-5-7)11(14)15-9/h6-7H,4-5H2,1-3H3. The summed E-state index contributed by atoms with van der Waals surface area (Å²) in [5.74, 6) is 0.0951. The fourth-order valence-corrected chi connectivity index (χ4v) is 2.32. The van der Waals surface area contributed by atoms with Gasteiger partial charge in [0.05, 0.1) is 5.69 Å². The first-order valence-electron chi connectivity index (χ1n) is 5.26. The van der Waals surface area contributed by atoms with Gasteiger partial charge in [-0.3, -0.25) is 0 Å². The monoisotopic (exact) mass is 271 g/mol. The molecule has 1 saturated carbocycles. The number of nitrogens with zero attached hydrogens (tertiary/aromatic N) is 1. The predicted molar refractivity (Wildman–Crippen MR) is 62.6 cm³/mol. The zero-order valence-electron chi connectivity index (χ0n) is 9.27. The van der Waals surface area contributed by atoms with Crippen LogP contribution in [0.3, 0.4) is 0 Å². The molecule has 0 amide bonds. The zero-order valence-corrected chi connectivity index (χ0v) is 10.9. The van der Waals surface area contributed by atoms with E-state index in [0.29, 0.717) is 5.92 Å². The molecule has 0 unspecified atom stereocenters. The molecule has 1 aliphatic rings. The highest BCUT2D eigenvalue weighted by molar-refractivity contribution is 9.10. The maximum Gasteiger partial charge on any atom is 0.217 e. The summed E-state index contributed by atoms with van der Waals surface area (Å²) in [4.78, 5) is 4.07. The average molecular weight is 272 g/mol. The van der Waals surface area contributed by atoms with E-state index < -0.39 is 0 Å². The van der Waals surface area contributed by atoms with Gasteiger partial charge in [0, 0.05) is 15.5 Å². The second-order valence-corrected chi connectivity index (χ2v) is 6.07. The molecular formula is C12H15BrFN. The summed E-state index contributed by atoms with van der Waals surface area (Å²) < 4.78 is 14.7. The molecule has 1 aromatic heterocycles. The Morgan fingerprint density at radius 2 is 2.00 bits per heavy atom. The fourth-order valence-electron chi connectivity index (χ4n) is 1.61. The van der Waals surface area contributed by atoms with Gasteiger partial charge in [0.25, 0.3) is 0 Å². The Morgan fingerprint density at radius 1 is 1.40 bits per heavy atom. The van der Waals surface area contributed by atoms with Crippen LogP contribution in [0, 0.1) is 5.95 Å². The predicted octanol–water partition coefficient (Wildman–Crippen LogP) is 4.16. The Morgan fingerprint density at radius 3 is 2.40 bits per heavy atom. The van der Waals surface area contributed by atoms with Crippen molar-refractivity contribution < 1.29 is 4.39 Å². The molecule has 1 nitrogen and oxygen atoms in total. The summed E-state index contributed by atoms with van der Waals surface area (Å²) in [7, 11) is 0. The molecule has 3 heteroatoms. The third-order valence-corrected chi connectivity index (χ3v) is 3.37. The van der Waals surface area contributed by atoms with Gasteiger partial charge in [0.1, 0.15) is 0 Å². The molecule has 82 valence electrons. The quantitative estimate of drug-likeness (QED) is 0.699. The highest BCUT2D eigenvalue weighted by Crippen LogP contribution is 2.44. The van der Waals surface area contributed by atoms with E-state index in [2.05, 4.69) is 20.9 Å². The van der Waals surface area contributed by atoms with E-state index in [9.17, 15) is 4.39 Å². The van der Waals surface area contributed by atoms with Crippen LogP contribution >= 0.6 is 15.9 Å². The lowest BCUT2D eigenvalue weighted by Crippen LogP contribution is -2.15. The first kappa shape index (κ1) is 11.1. The highest BCUT2D eigenvalue weighted by atomic mass is 79.9. The summed E-state index contributed by atoms with van der Waals surface area (Å²) in [6, 6.07) is 1.96. The molecule has 0 atom stereocenters. The molecule has 2 rings (SSSR count). The van der Waals surface area contributed by atoms with Gasteiger partial charge in [0.2, 0.25) is 5.95 Å². The van der Waals surface area contributed by atoms with Gasteiger partial charge < -0.3 is 0 Å². The van der Waals surface area contributed by atoms with Crippen LogP contribution < -0.4 is 0 Å². The second kappa shape index (κ2) is 3.55. The van der Waals surface area contributed by atoms with Crippen molar-refractivity contribution in [2.45, 2.75) is 44.9 Å². The topological polar surface area (TPSA) is 12.9 Å². The van der Waals surface area contributed by atoms with Gasteiger partial charge >= 0.3 is 0 Å². The summed E-state index contributed by atoms with van der Waals surface area (Å²) in [6.07, 6.45) is 2.18. The van der Waals surface area contributed by atoms with Crippen molar-refractivity contribution in [2.75, 3.05) is 0 Å². The van der Waals surface area contributed by atoms with Gasteiger partial charge in [-0.05, 0) is 24.8 Å². The van der Waals surface area contributed by atoms with E-state index in [0.717, 1.165) is 28.6 Å². The van der Waals surface area contributed by atoms with Crippen molar-refractivity contribution in [1.29, 1.82) is 0 Å². The van der Waals surface area contributed by atoms with Gasteiger partial charge in [0.15, 0.2) is 0 Å². The first-order valence-corrected chi connectivity index (χ1v) is 6.05. The van der Waals surface area contributed by atoms with E-state index in [1.807, 2.05) is 26.8 Å². The van der Waals surface area contributed by atoms with Crippen molar-refractivity contribution in [1.82, 2.24) is 4.98 Å². The molecule has 1 heterocycles. The minimum atomic E-state index is -0.295. The van der Waals surface area contributed by atoms with E-state index in [-0.39, 0.29) is 11.4 Å². The normalized spacial score (nSPS) is 16.9. The summed E-state index contributed by atoms with van der Waals surface area (Å²) in [5.41, 5.74) is 1.46. The smallest absolute Gasteiger partial charge is 0.217 e. The highest BCUT2D eigenvalue weighted by Gasteiger charge is 2.31. The lowest BCUT2D eigenvalue weighted by molar-refractivity contribution is 0.513. The van der Waals surface area contributed by atoms with Crippen LogP contribution in [0.25, 0.3) is 0 Å². The number of rotatable bonds is 1. The molecule has 1 aliphatic carbocycles. The van der Waals surface area contributed by atoms with Crippen LogP contribution in [0.4, 0.5) is 4.39 Å². The molecule has 0 spiro atoms. The Kier molecular flexibility index (Phi) is 2.61. The van der Waals surface area contributed by atoms with Crippen molar-refractivity contribution in [2.24, 2.45) is 0 Å². The van der Waals surface area contributed by atoms with E-state index in [1.54, 1.807) is 0 Å². The van der Waals surface area contributed by atoms with Crippen LogP contribution in [0.1, 0.15) is 50.8 Å². The lowest BCUT2D eigenvalue weighted by Gasteiger charge is -2.19. The molecule has 1 aromatic rings. The van der Waals surface area contributed by atoms with Crippen LogP contribution in [0.15, 0.2) is 10.5 Å². The molecule has 0 aliphatic heterocycles. The minimum Gasteiger partial charge on any atom is -0.224 e. The molecule has 0 N–H and O–H groups in total. The van der Waals surface area contributed by atoms with Gasteiger partial charge in [-0.15, -0.1) is 0 Å².